The maximum atomic E-state index is 13.3. The van der Waals surface area contributed by atoms with E-state index in [1.165, 1.54) is 0 Å². The highest BCUT2D eigenvalue weighted by molar-refractivity contribution is 6.08. The van der Waals surface area contributed by atoms with Crippen molar-refractivity contribution in [2.24, 2.45) is 0 Å². The van der Waals surface area contributed by atoms with Crippen molar-refractivity contribution in [3.63, 3.8) is 0 Å². The summed E-state index contributed by atoms with van der Waals surface area (Å²) in [7, 11) is 4.72. The molecule has 0 unspecified atom stereocenters. The lowest BCUT2D eigenvalue weighted by Crippen LogP contribution is -2.12. The summed E-state index contributed by atoms with van der Waals surface area (Å²) in [4.78, 5) is 13.3. The fourth-order valence-corrected chi connectivity index (χ4v) is 3.47. The highest BCUT2D eigenvalue weighted by Crippen LogP contribution is 2.31. The predicted molar refractivity (Wildman–Crippen MR) is 128 cm³/mol. The van der Waals surface area contributed by atoms with Gasteiger partial charge in [0.25, 0.3) is 5.91 Å². The molecule has 0 aliphatic heterocycles. The minimum atomic E-state index is -0.293. The number of aryl methyl sites for hydroxylation is 1. The molecule has 0 saturated carbocycles. The van der Waals surface area contributed by atoms with E-state index in [4.69, 9.17) is 19.3 Å². The van der Waals surface area contributed by atoms with Gasteiger partial charge in [0, 0.05) is 23.5 Å². The standard InChI is InChI=1S/C26H25N3O4/c1-17-8-11-20(12-9-17)29-16-22(25(28-29)18-6-5-7-21(14-18)31-2)26(30)27-19-10-13-23(32-3)24(15-19)33-4/h5-16H,1-4H3,(H,27,30). The first-order valence-electron chi connectivity index (χ1n) is 10.4. The van der Waals surface area contributed by atoms with Crippen LogP contribution in [0.2, 0.25) is 0 Å². The molecule has 0 aliphatic rings. The molecular formula is C26H25N3O4. The predicted octanol–water partition coefficient (Wildman–Crippen LogP) is 5.13. The van der Waals surface area contributed by atoms with Crippen LogP contribution in [0.15, 0.2) is 72.9 Å². The molecule has 168 valence electrons. The van der Waals surface area contributed by atoms with Gasteiger partial charge in [0.2, 0.25) is 0 Å². The summed E-state index contributed by atoms with van der Waals surface area (Å²) in [6.07, 6.45) is 1.73. The minimum absolute atomic E-state index is 0.293. The van der Waals surface area contributed by atoms with E-state index in [0.717, 1.165) is 16.8 Å². The molecule has 4 aromatic rings. The summed E-state index contributed by atoms with van der Waals surface area (Å²) in [5, 5.41) is 7.67. The van der Waals surface area contributed by atoms with Crippen molar-refractivity contribution in [3.05, 3.63) is 84.1 Å². The normalized spacial score (nSPS) is 10.5. The monoisotopic (exact) mass is 443 g/mol. The summed E-state index contributed by atoms with van der Waals surface area (Å²) < 4.78 is 17.7. The molecule has 1 aromatic heterocycles. The molecule has 0 fully saturated rings. The lowest BCUT2D eigenvalue weighted by Gasteiger charge is -2.10. The van der Waals surface area contributed by atoms with E-state index in [-0.39, 0.29) is 5.91 Å². The highest BCUT2D eigenvalue weighted by atomic mass is 16.5. The second-order valence-electron chi connectivity index (χ2n) is 7.43. The number of ether oxygens (including phenoxy) is 3. The molecule has 7 heteroatoms. The number of aromatic nitrogens is 2. The van der Waals surface area contributed by atoms with Crippen LogP contribution in [0.5, 0.6) is 17.2 Å². The van der Waals surface area contributed by atoms with Gasteiger partial charge >= 0.3 is 0 Å². The Balaban J connectivity index is 1.75. The largest absolute Gasteiger partial charge is 0.497 e. The Hall–Kier alpha value is -4.26. The van der Waals surface area contributed by atoms with Crippen LogP contribution in [-0.4, -0.2) is 37.0 Å². The average molecular weight is 444 g/mol. The number of anilines is 1. The van der Waals surface area contributed by atoms with Crippen molar-refractivity contribution in [1.29, 1.82) is 0 Å². The number of carbonyl (C=O) groups excluding carboxylic acids is 1. The van der Waals surface area contributed by atoms with Gasteiger partial charge in [0.15, 0.2) is 11.5 Å². The number of nitrogens with zero attached hydrogens (tertiary/aromatic N) is 2. The van der Waals surface area contributed by atoms with Crippen molar-refractivity contribution < 1.29 is 19.0 Å². The molecule has 1 amide bonds. The Kier molecular flexibility index (Phi) is 6.31. The molecule has 0 aliphatic carbocycles. The lowest BCUT2D eigenvalue weighted by atomic mass is 10.1. The molecule has 3 aromatic carbocycles. The first kappa shape index (κ1) is 22.0. The molecule has 33 heavy (non-hydrogen) atoms. The van der Waals surface area contributed by atoms with Gasteiger partial charge in [-0.1, -0.05) is 29.8 Å². The van der Waals surface area contributed by atoms with Crippen LogP contribution >= 0.6 is 0 Å². The highest BCUT2D eigenvalue weighted by Gasteiger charge is 2.20. The van der Waals surface area contributed by atoms with Crippen LogP contribution in [0, 0.1) is 6.92 Å². The molecule has 4 rings (SSSR count). The van der Waals surface area contributed by atoms with E-state index in [1.807, 2.05) is 55.5 Å². The summed E-state index contributed by atoms with van der Waals surface area (Å²) in [6, 6.07) is 20.6. The second kappa shape index (κ2) is 9.48. The van der Waals surface area contributed by atoms with Gasteiger partial charge in [0.1, 0.15) is 11.4 Å². The fourth-order valence-electron chi connectivity index (χ4n) is 3.47. The Morgan fingerprint density at radius 2 is 1.64 bits per heavy atom. The smallest absolute Gasteiger partial charge is 0.259 e. The zero-order valence-electron chi connectivity index (χ0n) is 19.0. The fraction of sp³-hybridized carbons (Fsp3) is 0.154. The molecule has 0 radical (unpaired) electrons. The molecule has 0 spiro atoms. The first-order chi connectivity index (χ1) is 16.0. The van der Waals surface area contributed by atoms with Gasteiger partial charge in [-0.05, 0) is 43.3 Å². The molecule has 1 N–H and O–H groups in total. The number of rotatable bonds is 7. The first-order valence-corrected chi connectivity index (χ1v) is 10.4. The summed E-state index contributed by atoms with van der Waals surface area (Å²) >= 11 is 0. The van der Waals surface area contributed by atoms with Crippen LogP contribution in [-0.2, 0) is 0 Å². The number of carbonyl (C=O) groups is 1. The van der Waals surface area contributed by atoms with Gasteiger partial charge in [0.05, 0.1) is 32.6 Å². The van der Waals surface area contributed by atoms with Gasteiger partial charge in [-0.2, -0.15) is 5.10 Å². The van der Waals surface area contributed by atoms with Crippen LogP contribution in [0.1, 0.15) is 15.9 Å². The average Bonchev–Trinajstić information content (AvgIpc) is 3.30. The van der Waals surface area contributed by atoms with Crippen LogP contribution < -0.4 is 19.5 Å². The zero-order chi connectivity index (χ0) is 23.4. The Bertz CT molecular complexity index is 1280. The van der Waals surface area contributed by atoms with Gasteiger partial charge in [-0.15, -0.1) is 0 Å². The van der Waals surface area contributed by atoms with E-state index in [1.54, 1.807) is 50.4 Å². The third-order valence-electron chi connectivity index (χ3n) is 5.24. The van der Waals surface area contributed by atoms with Crippen molar-refractivity contribution in [2.45, 2.75) is 6.92 Å². The van der Waals surface area contributed by atoms with Gasteiger partial charge in [-0.25, -0.2) is 4.68 Å². The molecular weight excluding hydrogens is 418 g/mol. The molecule has 0 bridgehead atoms. The Morgan fingerprint density at radius 3 is 2.33 bits per heavy atom. The number of nitrogens with one attached hydrogen (secondary N) is 1. The van der Waals surface area contributed by atoms with E-state index < -0.39 is 0 Å². The van der Waals surface area contributed by atoms with Crippen LogP contribution in [0.3, 0.4) is 0 Å². The maximum absolute atomic E-state index is 13.3. The summed E-state index contributed by atoms with van der Waals surface area (Å²) in [5.74, 6) is 1.50. The molecule has 0 saturated heterocycles. The Morgan fingerprint density at radius 1 is 0.879 bits per heavy atom. The van der Waals surface area contributed by atoms with Crippen LogP contribution in [0.25, 0.3) is 16.9 Å². The number of hydrogen-bond donors (Lipinski definition) is 1. The van der Waals surface area contributed by atoms with E-state index in [2.05, 4.69) is 5.32 Å². The quantitative estimate of drug-likeness (QED) is 0.429. The summed E-state index contributed by atoms with van der Waals surface area (Å²) in [5.41, 5.74) is 4.33. The van der Waals surface area contributed by atoms with Crippen molar-refractivity contribution >= 4 is 11.6 Å². The SMILES string of the molecule is COc1cccc(-c2nn(-c3ccc(C)cc3)cc2C(=O)Nc2ccc(OC)c(OC)c2)c1. The zero-order valence-corrected chi connectivity index (χ0v) is 19.0. The molecule has 0 atom stereocenters. The van der Waals surface area contributed by atoms with Gasteiger partial charge in [-0.3, -0.25) is 4.79 Å². The van der Waals surface area contributed by atoms with E-state index in [9.17, 15) is 4.79 Å². The number of benzene rings is 3. The number of amides is 1. The van der Waals surface area contributed by atoms with Crippen LogP contribution in [0.4, 0.5) is 5.69 Å². The van der Waals surface area contributed by atoms with Crippen molar-refractivity contribution in [3.8, 4) is 34.2 Å². The summed E-state index contributed by atoms with van der Waals surface area (Å²) in [6.45, 7) is 2.02. The second-order valence-corrected chi connectivity index (χ2v) is 7.43. The third-order valence-corrected chi connectivity index (χ3v) is 5.24. The molecule has 7 nitrogen and oxygen atoms in total. The topological polar surface area (TPSA) is 74.6 Å². The maximum Gasteiger partial charge on any atom is 0.259 e. The number of methoxy groups -OCH3 is 3. The number of hydrogen-bond acceptors (Lipinski definition) is 5. The van der Waals surface area contributed by atoms with Gasteiger partial charge < -0.3 is 19.5 Å². The van der Waals surface area contributed by atoms with Crippen molar-refractivity contribution in [2.75, 3.05) is 26.6 Å². The molecule has 1 heterocycles. The van der Waals surface area contributed by atoms with Crippen molar-refractivity contribution in [1.82, 2.24) is 9.78 Å². The van der Waals surface area contributed by atoms with E-state index >= 15 is 0 Å². The minimum Gasteiger partial charge on any atom is -0.497 e. The third kappa shape index (κ3) is 4.67. The lowest BCUT2D eigenvalue weighted by molar-refractivity contribution is 0.102. The van der Waals surface area contributed by atoms with E-state index in [0.29, 0.717) is 34.2 Å². The Labute approximate surface area is 192 Å².